The van der Waals surface area contributed by atoms with Crippen molar-refractivity contribution in [1.82, 2.24) is 9.55 Å². The molecule has 0 fully saturated rings. The number of aryl methyl sites for hydroxylation is 1. The monoisotopic (exact) mass is 366 g/mol. The Labute approximate surface area is 133 Å². The molecule has 114 valence electrons. The summed E-state index contributed by atoms with van der Waals surface area (Å²) in [5, 5.41) is 13.3. The fourth-order valence-electron chi connectivity index (χ4n) is 1.73. The second-order valence-electron chi connectivity index (χ2n) is 4.49. The maximum atomic E-state index is 11.9. The number of rotatable bonds is 4. The number of nitro groups is 1. The molecule has 22 heavy (non-hydrogen) atoms. The SMILES string of the molecule is Cc1cc(NC(=O)Cn2cc([N+](=O)[O-])ccc2=O)cnc1Br. The molecule has 2 aromatic rings. The van der Waals surface area contributed by atoms with E-state index in [1.54, 1.807) is 6.07 Å². The Kier molecular flexibility index (Phi) is 4.66. The molecule has 0 radical (unpaired) electrons. The molecule has 0 saturated heterocycles. The van der Waals surface area contributed by atoms with Crippen LogP contribution in [0.5, 0.6) is 0 Å². The van der Waals surface area contributed by atoms with Gasteiger partial charge in [-0.25, -0.2) is 4.98 Å². The van der Waals surface area contributed by atoms with Gasteiger partial charge in [0.2, 0.25) is 5.91 Å². The van der Waals surface area contributed by atoms with Crippen LogP contribution in [0.2, 0.25) is 0 Å². The van der Waals surface area contributed by atoms with E-state index in [1.807, 2.05) is 6.92 Å². The van der Waals surface area contributed by atoms with E-state index in [0.29, 0.717) is 10.3 Å². The van der Waals surface area contributed by atoms with Crippen molar-refractivity contribution in [1.29, 1.82) is 0 Å². The first kappa shape index (κ1) is 15.8. The molecular formula is C13H11BrN4O4. The van der Waals surface area contributed by atoms with E-state index in [4.69, 9.17) is 0 Å². The van der Waals surface area contributed by atoms with E-state index >= 15 is 0 Å². The summed E-state index contributed by atoms with van der Waals surface area (Å²) in [5.74, 6) is -0.480. The maximum absolute atomic E-state index is 11.9. The molecule has 2 aromatic heterocycles. The molecule has 0 spiro atoms. The van der Waals surface area contributed by atoms with Crippen molar-refractivity contribution < 1.29 is 9.72 Å². The number of pyridine rings is 2. The molecular weight excluding hydrogens is 356 g/mol. The highest BCUT2D eigenvalue weighted by Crippen LogP contribution is 2.16. The molecule has 2 rings (SSSR count). The fourth-order valence-corrected chi connectivity index (χ4v) is 1.95. The van der Waals surface area contributed by atoms with E-state index in [2.05, 4.69) is 26.2 Å². The lowest BCUT2D eigenvalue weighted by Crippen LogP contribution is -2.27. The Hall–Kier alpha value is -2.55. The zero-order chi connectivity index (χ0) is 16.3. The highest BCUT2D eigenvalue weighted by atomic mass is 79.9. The Bertz CT molecular complexity index is 803. The van der Waals surface area contributed by atoms with Crippen molar-refractivity contribution in [3.8, 4) is 0 Å². The molecule has 0 aliphatic heterocycles. The number of anilines is 1. The van der Waals surface area contributed by atoms with Crippen molar-refractivity contribution in [2.45, 2.75) is 13.5 Å². The quantitative estimate of drug-likeness (QED) is 0.504. The number of aromatic nitrogens is 2. The predicted molar refractivity (Wildman–Crippen MR) is 82.7 cm³/mol. The molecule has 0 atom stereocenters. The van der Waals surface area contributed by atoms with Gasteiger partial charge >= 0.3 is 0 Å². The third kappa shape index (κ3) is 3.76. The van der Waals surface area contributed by atoms with Crippen LogP contribution in [0.3, 0.4) is 0 Å². The van der Waals surface area contributed by atoms with Gasteiger partial charge in [-0.15, -0.1) is 0 Å². The van der Waals surface area contributed by atoms with E-state index < -0.39 is 16.4 Å². The van der Waals surface area contributed by atoms with Crippen molar-refractivity contribution in [3.05, 3.63) is 61.2 Å². The second-order valence-corrected chi connectivity index (χ2v) is 5.24. The smallest absolute Gasteiger partial charge is 0.285 e. The van der Waals surface area contributed by atoms with Crippen LogP contribution in [0.25, 0.3) is 0 Å². The Morgan fingerprint density at radius 2 is 2.23 bits per heavy atom. The third-order valence-electron chi connectivity index (χ3n) is 2.79. The lowest BCUT2D eigenvalue weighted by Gasteiger charge is -2.08. The average Bonchev–Trinajstić information content (AvgIpc) is 2.45. The second kappa shape index (κ2) is 6.48. The van der Waals surface area contributed by atoms with Crippen LogP contribution in [-0.2, 0) is 11.3 Å². The lowest BCUT2D eigenvalue weighted by molar-refractivity contribution is -0.385. The van der Waals surface area contributed by atoms with Gasteiger partial charge in [-0.2, -0.15) is 0 Å². The highest BCUT2D eigenvalue weighted by Gasteiger charge is 2.11. The van der Waals surface area contributed by atoms with Gasteiger partial charge in [-0.3, -0.25) is 24.3 Å². The minimum atomic E-state index is -0.629. The van der Waals surface area contributed by atoms with Gasteiger partial charge in [0.05, 0.1) is 23.0 Å². The summed E-state index contributed by atoms with van der Waals surface area (Å²) >= 11 is 3.25. The lowest BCUT2D eigenvalue weighted by atomic mass is 10.3. The largest absolute Gasteiger partial charge is 0.323 e. The molecule has 0 aliphatic carbocycles. The first-order valence-electron chi connectivity index (χ1n) is 6.13. The van der Waals surface area contributed by atoms with Crippen molar-refractivity contribution >= 4 is 33.2 Å². The number of carbonyl (C=O) groups excluding carboxylic acids is 1. The number of hydrogen-bond acceptors (Lipinski definition) is 5. The molecule has 9 heteroatoms. The van der Waals surface area contributed by atoms with E-state index in [0.717, 1.165) is 28.5 Å². The van der Waals surface area contributed by atoms with Gasteiger partial charge in [-0.05, 0) is 34.5 Å². The third-order valence-corrected chi connectivity index (χ3v) is 3.62. The zero-order valence-corrected chi connectivity index (χ0v) is 13.0. The fraction of sp³-hybridized carbons (Fsp3) is 0.154. The van der Waals surface area contributed by atoms with Crippen molar-refractivity contribution in [2.24, 2.45) is 0 Å². The first-order valence-corrected chi connectivity index (χ1v) is 6.93. The van der Waals surface area contributed by atoms with Gasteiger partial charge < -0.3 is 5.32 Å². The minimum Gasteiger partial charge on any atom is -0.323 e. The van der Waals surface area contributed by atoms with Gasteiger partial charge in [0, 0.05) is 12.1 Å². The summed E-state index contributed by atoms with van der Waals surface area (Å²) in [6, 6.07) is 3.86. The van der Waals surface area contributed by atoms with Gasteiger partial charge in [0.25, 0.3) is 11.2 Å². The first-order chi connectivity index (χ1) is 10.4. The van der Waals surface area contributed by atoms with E-state index in [-0.39, 0.29) is 12.2 Å². The van der Waals surface area contributed by atoms with Crippen molar-refractivity contribution in [2.75, 3.05) is 5.32 Å². The van der Waals surface area contributed by atoms with Crippen LogP contribution < -0.4 is 10.9 Å². The number of nitrogens with zero attached hydrogens (tertiary/aromatic N) is 3. The molecule has 1 N–H and O–H groups in total. The Balaban J connectivity index is 2.15. The number of hydrogen-bond donors (Lipinski definition) is 1. The summed E-state index contributed by atoms with van der Waals surface area (Å²) in [6.07, 6.45) is 2.50. The van der Waals surface area contributed by atoms with Crippen LogP contribution >= 0.6 is 15.9 Å². The zero-order valence-electron chi connectivity index (χ0n) is 11.4. The molecule has 8 nitrogen and oxygen atoms in total. The summed E-state index contributed by atoms with van der Waals surface area (Å²) in [7, 11) is 0. The molecule has 0 aromatic carbocycles. The van der Waals surface area contributed by atoms with Crippen LogP contribution in [0, 0.1) is 17.0 Å². The number of amides is 1. The number of carbonyl (C=O) groups is 1. The summed E-state index contributed by atoms with van der Waals surface area (Å²) in [4.78, 5) is 37.6. The molecule has 2 heterocycles. The predicted octanol–water partition coefficient (Wildman–Crippen LogP) is 1.86. The molecule has 0 unspecified atom stereocenters. The number of halogens is 1. The molecule has 0 aliphatic rings. The molecule has 0 saturated carbocycles. The normalized spacial score (nSPS) is 10.3. The van der Waals surface area contributed by atoms with Gasteiger partial charge in [-0.1, -0.05) is 0 Å². The highest BCUT2D eigenvalue weighted by molar-refractivity contribution is 9.10. The molecule has 1 amide bonds. The summed E-state index contributed by atoms with van der Waals surface area (Å²) in [5.41, 5.74) is 0.564. The topological polar surface area (TPSA) is 107 Å². The Morgan fingerprint density at radius 1 is 1.50 bits per heavy atom. The van der Waals surface area contributed by atoms with Crippen LogP contribution in [-0.4, -0.2) is 20.4 Å². The van der Waals surface area contributed by atoms with Crippen LogP contribution in [0.4, 0.5) is 11.4 Å². The minimum absolute atomic E-state index is 0.256. The van der Waals surface area contributed by atoms with E-state index in [9.17, 15) is 19.7 Å². The van der Waals surface area contributed by atoms with Crippen LogP contribution in [0.1, 0.15) is 5.56 Å². The Morgan fingerprint density at radius 3 is 2.86 bits per heavy atom. The van der Waals surface area contributed by atoms with E-state index in [1.165, 1.54) is 6.20 Å². The number of nitrogens with one attached hydrogen (secondary N) is 1. The summed E-state index contributed by atoms with van der Waals surface area (Å²) in [6.45, 7) is 1.49. The van der Waals surface area contributed by atoms with Crippen LogP contribution in [0.15, 0.2) is 40.0 Å². The maximum Gasteiger partial charge on any atom is 0.285 e. The summed E-state index contributed by atoms with van der Waals surface area (Å²) < 4.78 is 1.65. The van der Waals surface area contributed by atoms with Gasteiger partial charge in [0.15, 0.2) is 0 Å². The van der Waals surface area contributed by atoms with Gasteiger partial charge in [0.1, 0.15) is 11.1 Å². The van der Waals surface area contributed by atoms with Crippen molar-refractivity contribution in [3.63, 3.8) is 0 Å². The molecule has 0 bridgehead atoms. The average molecular weight is 367 g/mol. The standard InChI is InChI=1S/C13H11BrN4O4/c1-8-4-9(5-15-13(8)14)16-11(19)7-17-6-10(18(21)22)2-3-12(17)20/h2-6H,7H2,1H3,(H,16,19).